The zero-order valence-electron chi connectivity index (χ0n) is 36.0. The largest absolute Gasteiger partial charge is 0.494 e. The van der Waals surface area contributed by atoms with Crippen LogP contribution in [0.2, 0.25) is 5.02 Å². The predicted octanol–water partition coefficient (Wildman–Crippen LogP) is 6.11. The molecule has 1 atom stereocenters. The van der Waals surface area contributed by atoms with Gasteiger partial charge >= 0.3 is 7.60 Å². The molecule has 16 nitrogen and oxygen atoms in total. The van der Waals surface area contributed by atoms with Crippen molar-refractivity contribution in [3.8, 4) is 5.75 Å². The van der Waals surface area contributed by atoms with Crippen molar-refractivity contribution in [2.75, 3.05) is 82.7 Å². The van der Waals surface area contributed by atoms with Gasteiger partial charge < -0.3 is 39.1 Å². The minimum Gasteiger partial charge on any atom is -0.494 e. The van der Waals surface area contributed by atoms with Crippen molar-refractivity contribution in [1.29, 1.82) is 0 Å². The summed E-state index contributed by atoms with van der Waals surface area (Å²) < 4.78 is 29.5. The predicted molar refractivity (Wildman–Crippen MR) is 243 cm³/mol. The lowest BCUT2D eigenvalue weighted by Crippen LogP contribution is -2.53. The number of aromatic nitrogens is 2. The Morgan fingerprint density at radius 3 is 2.40 bits per heavy atom. The maximum atomic E-state index is 13.2. The summed E-state index contributed by atoms with van der Waals surface area (Å²) in [4.78, 5) is 55.7. The summed E-state index contributed by atoms with van der Waals surface area (Å²) in [5.41, 5.74) is 5.16. The first-order chi connectivity index (χ1) is 30.6. The van der Waals surface area contributed by atoms with Gasteiger partial charge in [0, 0.05) is 89.8 Å². The lowest BCUT2D eigenvalue weighted by Gasteiger charge is -2.43. The van der Waals surface area contributed by atoms with E-state index < -0.39 is 13.6 Å². The van der Waals surface area contributed by atoms with E-state index in [1.54, 1.807) is 36.3 Å². The number of rotatable bonds is 16. The Balaban J connectivity index is 0.786. The highest BCUT2D eigenvalue weighted by Gasteiger charge is 2.40. The zero-order chi connectivity index (χ0) is 44.1. The average Bonchev–Trinajstić information content (AvgIpc) is 3.65. The number of para-hydroxylation sites is 1. The van der Waals surface area contributed by atoms with Crippen molar-refractivity contribution in [3.63, 3.8) is 0 Å². The van der Waals surface area contributed by atoms with Crippen molar-refractivity contribution in [1.82, 2.24) is 30.0 Å². The number of benzene rings is 3. The Bertz CT molecular complexity index is 2370. The van der Waals surface area contributed by atoms with Gasteiger partial charge in [-0.3, -0.25) is 29.2 Å². The molecule has 334 valence electrons. The molecule has 4 aromatic rings. The number of piperidine rings is 2. The standard InChI is InChI=1S/C45H55ClN9O7P/c1-60-39-27-32(14-15-36(39)49-45-47-28-35(46)42(51-45)48-37-12-4-5-13-40(37)63(59,61-2)62-3)53-21-18-31(19-22-53)54-25-23-52(24-26-54)20-7-6-9-30-10-8-11-33-34(30)29-55(44(33)58)38-16-17-41(56)50-43(38)57/h4-5,8,10-15,27-28,31,38H,6-7,9,16-26,29H2,1-3H3,(H,50,56,57)(H2,47,48,49,51). The second kappa shape index (κ2) is 19.7. The summed E-state index contributed by atoms with van der Waals surface area (Å²) in [6.45, 7) is 7.66. The van der Waals surface area contributed by atoms with E-state index in [2.05, 4.69) is 52.8 Å². The second-order valence-electron chi connectivity index (χ2n) is 16.3. The number of halogens is 1. The second-order valence-corrected chi connectivity index (χ2v) is 18.9. The summed E-state index contributed by atoms with van der Waals surface area (Å²) in [6, 6.07) is 18.9. The highest BCUT2D eigenvalue weighted by Crippen LogP contribution is 2.47. The number of amides is 3. The molecule has 0 aliphatic carbocycles. The molecular formula is C45H55ClN9O7P. The van der Waals surface area contributed by atoms with E-state index in [0.29, 0.717) is 58.8 Å². The molecular weight excluding hydrogens is 845 g/mol. The van der Waals surface area contributed by atoms with Crippen molar-refractivity contribution in [2.45, 2.75) is 63.6 Å². The average molecular weight is 900 g/mol. The number of anilines is 5. The number of methoxy groups -OCH3 is 1. The number of ether oxygens (including phenoxy) is 1. The Hall–Kier alpha value is -5.09. The zero-order valence-corrected chi connectivity index (χ0v) is 37.6. The summed E-state index contributed by atoms with van der Waals surface area (Å²) in [5.74, 6) is 0.498. The van der Waals surface area contributed by atoms with Gasteiger partial charge in [-0.2, -0.15) is 4.98 Å². The lowest BCUT2D eigenvalue weighted by molar-refractivity contribution is -0.136. The van der Waals surface area contributed by atoms with Crippen LogP contribution in [0.5, 0.6) is 5.75 Å². The molecule has 1 unspecified atom stereocenters. The molecule has 3 aromatic carbocycles. The number of hydrogen-bond donors (Lipinski definition) is 3. The van der Waals surface area contributed by atoms with Gasteiger partial charge in [-0.05, 0) is 86.5 Å². The number of carbonyl (C=O) groups excluding carboxylic acids is 3. The molecule has 5 heterocycles. The third-order valence-corrected chi connectivity index (χ3v) is 14.9. The Morgan fingerprint density at radius 1 is 0.873 bits per heavy atom. The van der Waals surface area contributed by atoms with Crippen LogP contribution in [0.3, 0.4) is 0 Å². The molecule has 18 heteroatoms. The van der Waals surface area contributed by atoms with Crippen LogP contribution in [0, 0.1) is 0 Å². The van der Waals surface area contributed by atoms with E-state index in [4.69, 9.17) is 25.4 Å². The smallest absolute Gasteiger partial charge is 0.362 e. The fraction of sp³-hybridized carbons (Fsp3) is 0.444. The summed E-state index contributed by atoms with van der Waals surface area (Å²) in [7, 11) is 0.757. The van der Waals surface area contributed by atoms with E-state index in [1.807, 2.05) is 24.3 Å². The van der Waals surface area contributed by atoms with E-state index in [0.717, 1.165) is 89.2 Å². The molecule has 63 heavy (non-hydrogen) atoms. The van der Waals surface area contributed by atoms with Crippen molar-refractivity contribution < 1.29 is 32.7 Å². The minimum atomic E-state index is -3.56. The third-order valence-electron chi connectivity index (χ3n) is 12.7. The number of aryl methyl sites for hydroxylation is 1. The van der Waals surface area contributed by atoms with E-state index >= 15 is 0 Å². The van der Waals surface area contributed by atoms with Gasteiger partial charge in [0.05, 0.1) is 30.0 Å². The van der Waals surface area contributed by atoms with Gasteiger partial charge in [-0.1, -0.05) is 35.9 Å². The van der Waals surface area contributed by atoms with Crippen LogP contribution in [0.4, 0.5) is 28.8 Å². The van der Waals surface area contributed by atoms with Crippen molar-refractivity contribution in [3.05, 3.63) is 88.6 Å². The third kappa shape index (κ3) is 9.86. The van der Waals surface area contributed by atoms with Crippen molar-refractivity contribution >= 4 is 71.1 Å². The van der Waals surface area contributed by atoms with Crippen LogP contribution < -0.4 is 30.9 Å². The van der Waals surface area contributed by atoms with Crippen LogP contribution in [-0.4, -0.2) is 122 Å². The minimum absolute atomic E-state index is 0.116. The van der Waals surface area contributed by atoms with Crippen LogP contribution in [0.15, 0.2) is 66.9 Å². The normalized spacial score (nSPS) is 19.0. The fourth-order valence-electron chi connectivity index (χ4n) is 9.21. The first-order valence-corrected chi connectivity index (χ1v) is 23.5. The van der Waals surface area contributed by atoms with Gasteiger partial charge in [-0.15, -0.1) is 0 Å². The first kappa shape index (κ1) is 44.5. The van der Waals surface area contributed by atoms with Gasteiger partial charge in [0.15, 0.2) is 5.82 Å². The Morgan fingerprint density at radius 2 is 1.65 bits per heavy atom. The molecule has 8 rings (SSSR count). The van der Waals surface area contributed by atoms with E-state index in [1.165, 1.54) is 26.0 Å². The maximum absolute atomic E-state index is 13.2. The SMILES string of the molecule is COc1cc(N2CCC(N3CCN(CCCCc4cccc5c4CN(C4CCC(=O)NC4=O)C5=O)CC3)CC2)ccc1Nc1ncc(Cl)c(Nc2ccccc2P(=O)(OC)OC)n1. The van der Waals surface area contributed by atoms with Gasteiger partial charge in [0.1, 0.15) is 16.8 Å². The monoisotopic (exact) mass is 899 g/mol. The lowest BCUT2D eigenvalue weighted by atomic mass is 9.98. The molecule has 0 radical (unpaired) electrons. The van der Waals surface area contributed by atoms with Crippen LogP contribution in [0.1, 0.15) is 60.0 Å². The number of fused-ring (bicyclic) bond motifs is 1. The molecule has 0 spiro atoms. The van der Waals surface area contributed by atoms with Gasteiger partial charge in [0.2, 0.25) is 17.8 Å². The van der Waals surface area contributed by atoms with E-state index in [-0.39, 0.29) is 29.2 Å². The van der Waals surface area contributed by atoms with Crippen LogP contribution in [-0.2, 0) is 36.2 Å². The molecule has 3 saturated heterocycles. The molecule has 3 fully saturated rings. The van der Waals surface area contributed by atoms with E-state index in [9.17, 15) is 18.9 Å². The highest BCUT2D eigenvalue weighted by molar-refractivity contribution is 7.62. The number of imide groups is 1. The molecule has 4 aliphatic heterocycles. The van der Waals surface area contributed by atoms with Gasteiger partial charge in [-0.25, -0.2) is 4.98 Å². The number of unbranched alkanes of at least 4 members (excludes halogenated alkanes) is 1. The number of carbonyl (C=O) groups is 3. The van der Waals surface area contributed by atoms with Crippen LogP contribution >= 0.6 is 19.2 Å². The van der Waals surface area contributed by atoms with Crippen molar-refractivity contribution in [2.24, 2.45) is 0 Å². The quantitative estimate of drug-likeness (QED) is 0.0669. The molecule has 3 amide bonds. The van der Waals surface area contributed by atoms with Crippen LogP contribution in [0.25, 0.3) is 0 Å². The summed E-state index contributed by atoms with van der Waals surface area (Å²) in [6.07, 6.45) is 7.31. The number of nitrogens with zero attached hydrogens (tertiary/aromatic N) is 6. The Kier molecular flexibility index (Phi) is 14.0. The molecule has 3 N–H and O–H groups in total. The molecule has 0 bridgehead atoms. The summed E-state index contributed by atoms with van der Waals surface area (Å²) in [5, 5.41) is 9.44. The molecule has 4 aliphatic rings. The molecule has 0 saturated carbocycles. The Labute approximate surface area is 373 Å². The molecule has 1 aromatic heterocycles. The summed E-state index contributed by atoms with van der Waals surface area (Å²) >= 11 is 6.49. The topological polar surface area (TPSA) is 171 Å². The highest BCUT2D eigenvalue weighted by atomic mass is 35.5. The number of hydrogen-bond acceptors (Lipinski definition) is 14. The number of nitrogens with one attached hydrogen (secondary N) is 3. The first-order valence-electron chi connectivity index (χ1n) is 21.6. The van der Waals surface area contributed by atoms with Gasteiger partial charge in [0.25, 0.3) is 5.91 Å². The number of piperazine rings is 1. The maximum Gasteiger partial charge on any atom is 0.362 e. The fourth-order valence-corrected chi connectivity index (χ4v) is 10.6.